The van der Waals surface area contributed by atoms with Crippen molar-refractivity contribution in [3.05, 3.63) is 59.4 Å². The van der Waals surface area contributed by atoms with E-state index in [0.717, 1.165) is 33.3 Å². The largest absolute Gasteiger partial charge is 0.497 e. The number of amides is 2. The van der Waals surface area contributed by atoms with Crippen LogP contribution in [-0.4, -0.2) is 40.8 Å². The Bertz CT molecular complexity index is 1150. The molecule has 1 aliphatic rings. The van der Waals surface area contributed by atoms with Gasteiger partial charge in [-0.2, -0.15) is 0 Å². The number of nitrogens with one attached hydrogen (secondary N) is 2. The van der Waals surface area contributed by atoms with Crippen molar-refractivity contribution in [2.45, 2.75) is 25.8 Å². The fourth-order valence-electron chi connectivity index (χ4n) is 3.64. The molecular formula is C23H24N4O3. The van der Waals surface area contributed by atoms with Gasteiger partial charge in [-0.1, -0.05) is 0 Å². The van der Waals surface area contributed by atoms with Crippen LogP contribution in [0.5, 0.6) is 5.75 Å². The number of likely N-dealkylation sites (N-methyl/N-ethyl adjacent to an activating group) is 1. The summed E-state index contributed by atoms with van der Waals surface area (Å²) in [5.41, 5.74) is 3.84. The van der Waals surface area contributed by atoms with Crippen molar-refractivity contribution in [3.63, 3.8) is 0 Å². The van der Waals surface area contributed by atoms with Crippen molar-refractivity contribution >= 4 is 34.6 Å². The first-order valence-electron chi connectivity index (χ1n) is 9.85. The van der Waals surface area contributed by atoms with Crippen LogP contribution in [0.15, 0.2) is 42.7 Å². The molecule has 1 atom stereocenters. The second-order valence-electron chi connectivity index (χ2n) is 7.44. The molecule has 30 heavy (non-hydrogen) atoms. The number of aromatic nitrogens is 2. The minimum atomic E-state index is -0.125. The summed E-state index contributed by atoms with van der Waals surface area (Å²) in [7, 11) is 3.43. The van der Waals surface area contributed by atoms with Gasteiger partial charge in [0.2, 0.25) is 11.8 Å². The maximum absolute atomic E-state index is 12.8. The number of carbonyl (C=O) groups is 2. The molecule has 1 aliphatic heterocycles. The number of methoxy groups -OCH3 is 1. The maximum atomic E-state index is 12.8. The second kappa shape index (κ2) is 8.02. The fraction of sp³-hybridized carbons (Fsp3) is 0.261. The number of nitrogens with zero attached hydrogens (tertiary/aromatic N) is 2. The van der Waals surface area contributed by atoms with E-state index in [1.54, 1.807) is 37.4 Å². The summed E-state index contributed by atoms with van der Waals surface area (Å²) in [5.74, 6) is 1.26. The summed E-state index contributed by atoms with van der Waals surface area (Å²) < 4.78 is 5.33. The Morgan fingerprint density at radius 1 is 1.30 bits per heavy atom. The number of fused-ring (bicyclic) bond motifs is 2. The van der Waals surface area contributed by atoms with Gasteiger partial charge >= 0.3 is 0 Å². The predicted molar refractivity (Wildman–Crippen MR) is 116 cm³/mol. The van der Waals surface area contributed by atoms with Crippen LogP contribution in [-0.2, 0) is 16.0 Å². The summed E-state index contributed by atoms with van der Waals surface area (Å²) in [4.78, 5) is 33.5. The lowest BCUT2D eigenvalue weighted by molar-refractivity contribution is -0.126. The lowest BCUT2D eigenvalue weighted by Crippen LogP contribution is -2.27. The normalized spacial score (nSPS) is 14.4. The number of ether oxygens (including phenoxy) is 1. The first kappa shape index (κ1) is 19.7. The number of H-pyrrole nitrogens is 1. The number of benzene rings is 1. The van der Waals surface area contributed by atoms with Gasteiger partial charge in [0.05, 0.1) is 13.2 Å². The molecular weight excluding hydrogens is 380 g/mol. The molecule has 0 saturated carbocycles. The Morgan fingerprint density at radius 2 is 2.13 bits per heavy atom. The van der Waals surface area contributed by atoms with E-state index in [0.29, 0.717) is 18.7 Å². The SMILES string of the molecule is COc1ccc2[nH]cc(C(C)N(C)C(=O)C=Cc3cnc4c(c3)CCC(=O)N4)c2c1. The third kappa shape index (κ3) is 3.78. The van der Waals surface area contributed by atoms with Crippen molar-refractivity contribution in [2.75, 3.05) is 19.5 Å². The maximum Gasteiger partial charge on any atom is 0.246 e. The molecule has 3 heterocycles. The van der Waals surface area contributed by atoms with Crippen LogP contribution >= 0.6 is 0 Å². The van der Waals surface area contributed by atoms with E-state index in [4.69, 9.17) is 4.74 Å². The zero-order valence-electron chi connectivity index (χ0n) is 17.2. The van der Waals surface area contributed by atoms with Crippen LogP contribution < -0.4 is 10.1 Å². The van der Waals surface area contributed by atoms with E-state index < -0.39 is 0 Å². The number of anilines is 1. The smallest absolute Gasteiger partial charge is 0.246 e. The molecule has 0 aliphatic carbocycles. The van der Waals surface area contributed by atoms with Crippen molar-refractivity contribution in [2.24, 2.45) is 0 Å². The molecule has 7 nitrogen and oxygen atoms in total. The number of aromatic amines is 1. The molecule has 0 bridgehead atoms. The Balaban J connectivity index is 1.50. The average molecular weight is 404 g/mol. The molecule has 7 heteroatoms. The molecule has 1 unspecified atom stereocenters. The second-order valence-corrected chi connectivity index (χ2v) is 7.44. The zero-order valence-corrected chi connectivity index (χ0v) is 17.2. The Kier molecular flexibility index (Phi) is 5.27. The number of aryl methyl sites for hydroxylation is 1. The zero-order chi connectivity index (χ0) is 21.3. The van der Waals surface area contributed by atoms with E-state index in [1.807, 2.05) is 37.4 Å². The molecule has 0 saturated heterocycles. The number of rotatable bonds is 5. The van der Waals surface area contributed by atoms with Crippen LogP contribution in [0, 0.1) is 0 Å². The highest BCUT2D eigenvalue weighted by Crippen LogP contribution is 2.30. The Morgan fingerprint density at radius 3 is 2.93 bits per heavy atom. The predicted octanol–water partition coefficient (Wildman–Crippen LogP) is 3.69. The van der Waals surface area contributed by atoms with E-state index >= 15 is 0 Å². The molecule has 0 spiro atoms. The van der Waals surface area contributed by atoms with Crippen LogP contribution in [0.4, 0.5) is 5.82 Å². The highest BCUT2D eigenvalue weighted by molar-refractivity contribution is 5.94. The minimum absolute atomic E-state index is 0.0148. The lowest BCUT2D eigenvalue weighted by atomic mass is 10.0. The lowest BCUT2D eigenvalue weighted by Gasteiger charge is -2.23. The minimum Gasteiger partial charge on any atom is -0.497 e. The van der Waals surface area contributed by atoms with Gasteiger partial charge in [-0.25, -0.2) is 4.98 Å². The summed E-state index contributed by atoms with van der Waals surface area (Å²) in [6.45, 7) is 2.00. The van der Waals surface area contributed by atoms with Gasteiger partial charge in [0.15, 0.2) is 0 Å². The van der Waals surface area contributed by atoms with Gasteiger partial charge in [-0.15, -0.1) is 0 Å². The number of hydrogen-bond donors (Lipinski definition) is 2. The molecule has 2 N–H and O–H groups in total. The summed E-state index contributed by atoms with van der Waals surface area (Å²) in [6, 6.07) is 7.69. The molecule has 1 aromatic carbocycles. The molecule has 0 radical (unpaired) electrons. The average Bonchev–Trinajstić information content (AvgIpc) is 3.19. The molecule has 0 fully saturated rings. The van der Waals surface area contributed by atoms with Crippen LogP contribution in [0.3, 0.4) is 0 Å². The number of carbonyl (C=O) groups excluding carboxylic acids is 2. The Labute approximate surface area is 174 Å². The summed E-state index contributed by atoms with van der Waals surface area (Å²) >= 11 is 0. The van der Waals surface area contributed by atoms with Gasteiger partial charge in [0.1, 0.15) is 11.6 Å². The highest BCUT2D eigenvalue weighted by atomic mass is 16.5. The summed E-state index contributed by atoms with van der Waals surface area (Å²) in [6.07, 6.45) is 8.01. The number of pyridine rings is 1. The third-order valence-corrected chi connectivity index (χ3v) is 5.58. The quantitative estimate of drug-likeness (QED) is 0.635. The highest BCUT2D eigenvalue weighted by Gasteiger charge is 2.19. The molecule has 2 aromatic heterocycles. The molecule has 2 amide bonds. The monoisotopic (exact) mass is 404 g/mol. The van der Waals surface area contributed by atoms with Crippen molar-refractivity contribution in [1.29, 1.82) is 0 Å². The van der Waals surface area contributed by atoms with E-state index in [2.05, 4.69) is 15.3 Å². The molecule has 3 aromatic rings. The van der Waals surface area contributed by atoms with Crippen LogP contribution in [0.25, 0.3) is 17.0 Å². The Hall–Kier alpha value is -3.61. The van der Waals surface area contributed by atoms with E-state index in [1.165, 1.54) is 0 Å². The van der Waals surface area contributed by atoms with Gasteiger partial charge in [-0.3, -0.25) is 9.59 Å². The van der Waals surface area contributed by atoms with Crippen molar-refractivity contribution in [3.8, 4) is 5.75 Å². The van der Waals surface area contributed by atoms with Crippen molar-refractivity contribution < 1.29 is 14.3 Å². The van der Waals surface area contributed by atoms with Crippen LogP contribution in [0.2, 0.25) is 0 Å². The van der Waals surface area contributed by atoms with Crippen molar-refractivity contribution in [1.82, 2.24) is 14.9 Å². The van der Waals surface area contributed by atoms with Gasteiger partial charge in [0, 0.05) is 42.8 Å². The van der Waals surface area contributed by atoms with Gasteiger partial charge in [-0.05, 0) is 60.4 Å². The topological polar surface area (TPSA) is 87.3 Å². The first-order chi connectivity index (χ1) is 14.5. The number of hydrogen-bond acceptors (Lipinski definition) is 4. The fourth-order valence-corrected chi connectivity index (χ4v) is 3.64. The van der Waals surface area contributed by atoms with E-state index in [-0.39, 0.29) is 17.9 Å². The van der Waals surface area contributed by atoms with Gasteiger partial charge < -0.3 is 19.9 Å². The molecule has 4 rings (SSSR count). The first-order valence-corrected chi connectivity index (χ1v) is 9.85. The summed E-state index contributed by atoms with van der Waals surface area (Å²) in [5, 5.41) is 3.80. The van der Waals surface area contributed by atoms with E-state index in [9.17, 15) is 9.59 Å². The third-order valence-electron chi connectivity index (χ3n) is 5.58. The molecule has 154 valence electrons. The van der Waals surface area contributed by atoms with Gasteiger partial charge in [0.25, 0.3) is 0 Å². The van der Waals surface area contributed by atoms with Crippen LogP contribution in [0.1, 0.15) is 36.1 Å². The standard InChI is InChI=1S/C23H24N4O3/c1-14(19-13-24-20-7-6-17(30-3)11-18(19)20)27(2)22(29)9-4-15-10-16-5-8-21(28)26-23(16)25-12-15/h4,6-7,9-14,24H,5,8H2,1-3H3,(H,25,26,28).